The molecule has 0 spiro atoms. The molecule has 0 radical (unpaired) electrons. The highest BCUT2D eigenvalue weighted by Gasteiger charge is 2.58. The molecular formula is C33H28OP+. The van der Waals surface area contributed by atoms with Crippen LogP contribution in [0.15, 0.2) is 146 Å². The van der Waals surface area contributed by atoms with E-state index in [4.69, 9.17) is 0 Å². The lowest BCUT2D eigenvalue weighted by atomic mass is 9.77. The van der Waals surface area contributed by atoms with Crippen LogP contribution < -0.4 is 15.9 Å². The van der Waals surface area contributed by atoms with Crippen LogP contribution in [0.3, 0.4) is 0 Å². The molecule has 4 unspecified atom stereocenters. The molecule has 170 valence electrons. The molecule has 6 rings (SSSR count). The molecule has 35 heavy (non-hydrogen) atoms. The third-order valence-electron chi connectivity index (χ3n) is 7.61. The average molecular weight is 472 g/mol. The van der Waals surface area contributed by atoms with E-state index in [-0.39, 0.29) is 29.2 Å². The van der Waals surface area contributed by atoms with Gasteiger partial charge in [0.25, 0.3) is 0 Å². The van der Waals surface area contributed by atoms with Crippen LogP contribution in [0, 0.1) is 17.8 Å². The van der Waals surface area contributed by atoms with Crippen LogP contribution in [0.1, 0.15) is 10.4 Å². The second-order valence-corrected chi connectivity index (χ2v) is 13.0. The predicted molar refractivity (Wildman–Crippen MR) is 148 cm³/mol. The second-order valence-electron chi connectivity index (χ2n) is 9.40. The number of carbonyl (C=O) groups excluding carboxylic acids is 1. The summed E-state index contributed by atoms with van der Waals surface area (Å²) in [4.78, 5) is 13.9. The summed E-state index contributed by atoms with van der Waals surface area (Å²) in [5.74, 6) is 0.495. The Morgan fingerprint density at radius 2 is 0.943 bits per heavy atom. The van der Waals surface area contributed by atoms with Crippen LogP contribution in [-0.4, -0.2) is 11.4 Å². The van der Waals surface area contributed by atoms with Gasteiger partial charge < -0.3 is 0 Å². The Labute approximate surface area is 208 Å². The largest absolute Gasteiger partial charge is 0.294 e. The normalized spacial score (nSPS) is 22.7. The third kappa shape index (κ3) is 3.63. The number of ketones is 1. The van der Waals surface area contributed by atoms with E-state index in [0.717, 1.165) is 5.56 Å². The maximum Gasteiger partial charge on any atom is 0.167 e. The Balaban J connectivity index is 1.58. The van der Waals surface area contributed by atoms with Crippen molar-refractivity contribution < 1.29 is 4.79 Å². The van der Waals surface area contributed by atoms with Crippen LogP contribution in [0.2, 0.25) is 0 Å². The fourth-order valence-electron chi connectivity index (χ4n) is 6.12. The van der Waals surface area contributed by atoms with Gasteiger partial charge in [-0.25, -0.2) is 0 Å². The van der Waals surface area contributed by atoms with Crippen molar-refractivity contribution in [2.45, 2.75) is 5.66 Å². The molecule has 0 amide bonds. The minimum atomic E-state index is -2.13. The summed E-state index contributed by atoms with van der Waals surface area (Å²) in [7, 11) is -2.13. The van der Waals surface area contributed by atoms with Crippen LogP contribution in [-0.2, 0) is 0 Å². The van der Waals surface area contributed by atoms with E-state index in [1.807, 2.05) is 30.3 Å². The average Bonchev–Trinajstić information content (AvgIpc) is 3.24. The zero-order valence-electron chi connectivity index (χ0n) is 19.5. The summed E-state index contributed by atoms with van der Waals surface area (Å²) in [6, 6.07) is 42.8. The number of fused-ring (bicyclic) bond motifs is 2. The molecule has 1 nitrogen and oxygen atoms in total. The number of benzene rings is 4. The van der Waals surface area contributed by atoms with Crippen LogP contribution >= 0.6 is 7.26 Å². The molecule has 4 aromatic carbocycles. The molecule has 0 aromatic heterocycles. The quantitative estimate of drug-likeness (QED) is 0.185. The van der Waals surface area contributed by atoms with Gasteiger partial charge >= 0.3 is 0 Å². The number of hydrogen-bond acceptors (Lipinski definition) is 1. The predicted octanol–water partition coefficient (Wildman–Crippen LogP) is 6.22. The first kappa shape index (κ1) is 22.0. The van der Waals surface area contributed by atoms with Gasteiger partial charge in [-0.1, -0.05) is 103 Å². The van der Waals surface area contributed by atoms with Crippen molar-refractivity contribution in [3.05, 3.63) is 151 Å². The highest BCUT2D eigenvalue weighted by molar-refractivity contribution is 7.96. The van der Waals surface area contributed by atoms with Gasteiger partial charge in [-0.3, -0.25) is 4.79 Å². The van der Waals surface area contributed by atoms with E-state index in [9.17, 15) is 4.79 Å². The highest BCUT2D eigenvalue weighted by Crippen LogP contribution is 2.65. The van der Waals surface area contributed by atoms with Crippen LogP contribution in [0.5, 0.6) is 0 Å². The zero-order chi connectivity index (χ0) is 23.7. The molecule has 0 heterocycles. The molecule has 0 fully saturated rings. The first-order chi connectivity index (χ1) is 17.3. The van der Waals surface area contributed by atoms with Crippen molar-refractivity contribution >= 4 is 29.0 Å². The Hall–Kier alpha value is -3.54. The van der Waals surface area contributed by atoms with Crippen LogP contribution in [0.25, 0.3) is 0 Å². The van der Waals surface area contributed by atoms with Gasteiger partial charge in [0.1, 0.15) is 28.8 Å². The number of rotatable bonds is 6. The van der Waals surface area contributed by atoms with Gasteiger partial charge in [-0.05, 0) is 42.5 Å². The maximum atomic E-state index is 13.9. The molecule has 2 aliphatic carbocycles. The van der Waals surface area contributed by atoms with E-state index < -0.39 is 7.26 Å². The van der Waals surface area contributed by atoms with E-state index in [2.05, 4.69) is 115 Å². The SMILES string of the molecule is O=C(c1ccccc1)C1C2C=CC1C([P+](c1ccccc1)(c1ccccc1)c1ccccc1)C=C2. The van der Waals surface area contributed by atoms with Gasteiger partial charge in [0.2, 0.25) is 0 Å². The standard InChI is InChI=1S/C33H28OP/c34-33(26-13-5-1-6-14-26)32-25-21-23-30(32)31(24-22-25)35(27-15-7-2-8-16-27,28-17-9-3-10-18-28)29-19-11-4-12-20-29/h1-25,30-32H/q+1. The summed E-state index contributed by atoms with van der Waals surface area (Å²) in [5.41, 5.74) is 1.01. The molecule has 4 atom stereocenters. The summed E-state index contributed by atoms with van der Waals surface area (Å²) in [5, 5.41) is 4.07. The number of allylic oxidation sites excluding steroid dienone is 4. The lowest BCUT2D eigenvalue weighted by Crippen LogP contribution is -2.45. The van der Waals surface area contributed by atoms with Crippen molar-refractivity contribution in [2.24, 2.45) is 17.8 Å². The molecule has 0 saturated carbocycles. The minimum absolute atomic E-state index is 0.0667. The fourth-order valence-corrected chi connectivity index (χ4v) is 11.1. The van der Waals surface area contributed by atoms with Gasteiger partial charge in [0.15, 0.2) is 5.78 Å². The monoisotopic (exact) mass is 471 g/mol. The smallest absolute Gasteiger partial charge is 0.167 e. The molecule has 0 N–H and O–H groups in total. The number of hydrogen-bond donors (Lipinski definition) is 0. The first-order valence-corrected chi connectivity index (χ1v) is 14.2. The molecule has 2 aliphatic rings. The number of Topliss-reactive ketones (excluding diaryl/α,β-unsaturated/α-hetero) is 1. The Morgan fingerprint density at radius 3 is 1.43 bits per heavy atom. The highest BCUT2D eigenvalue weighted by atomic mass is 31.2. The topological polar surface area (TPSA) is 17.1 Å². The van der Waals surface area contributed by atoms with Crippen LogP contribution in [0.4, 0.5) is 0 Å². The molecule has 4 aromatic rings. The second kappa shape index (κ2) is 9.25. The minimum Gasteiger partial charge on any atom is -0.294 e. The molecule has 2 bridgehead atoms. The molecular weight excluding hydrogens is 443 g/mol. The maximum absolute atomic E-state index is 13.9. The van der Waals surface area contributed by atoms with E-state index in [1.165, 1.54) is 15.9 Å². The van der Waals surface area contributed by atoms with Crippen molar-refractivity contribution in [1.29, 1.82) is 0 Å². The Kier molecular flexibility index (Phi) is 5.80. The van der Waals surface area contributed by atoms with Crippen molar-refractivity contribution in [2.75, 3.05) is 0 Å². The zero-order valence-corrected chi connectivity index (χ0v) is 20.4. The van der Waals surface area contributed by atoms with E-state index >= 15 is 0 Å². The number of carbonyl (C=O) groups is 1. The lowest BCUT2D eigenvalue weighted by molar-refractivity contribution is 0.0875. The van der Waals surface area contributed by atoms with Gasteiger partial charge in [-0.15, -0.1) is 0 Å². The Bertz CT molecular complexity index is 1260. The third-order valence-corrected chi connectivity index (χ3v) is 12.4. The summed E-state index contributed by atoms with van der Waals surface area (Å²) in [6.07, 6.45) is 9.34. The lowest BCUT2D eigenvalue weighted by Gasteiger charge is -2.40. The van der Waals surface area contributed by atoms with E-state index in [0.29, 0.717) is 0 Å². The van der Waals surface area contributed by atoms with E-state index in [1.54, 1.807) is 0 Å². The molecule has 0 saturated heterocycles. The van der Waals surface area contributed by atoms with Crippen molar-refractivity contribution in [3.63, 3.8) is 0 Å². The molecule has 0 aliphatic heterocycles. The first-order valence-electron chi connectivity index (χ1n) is 12.3. The summed E-state index contributed by atoms with van der Waals surface area (Å²) in [6.45, 7) is 0. The van der Waals surface area contributed by atoms with Crippen molar-refractivity contribution in [1.82, 2.24) is 0 Å². The fraction of sp³-hybridized carbons (Fsp3) is 0.121. The Morgan fingerprint density at radius 1 is 0.514 bits per heavy atom. The van der Waals surface area contributed by atoms with Crippen molar-refractivity contribution in [3.8, 4) is 0 Å². The van der Waals surface area contributed by atoms with Gasteiger partial charge in [0, 0.05) is 23.3 Å². The summed E-state index contributed by atoms with van der Waals surface area (Å²) >= 11 is 0. The molecule has 2 heteroatoms. The summed E-state index contributed by atoms with van der Waals surface area (Å²) < 4.78 is 0. The van der Waals surface area contributed by atoms with Gasteiger partial charge in [-0.2, -0.15) is 0 Å². The van der Waals surface area contributed by atoms with Gasteiger partial charge in [0.05, 0.1) is 0 Å².